The van der Waals surface area contributed by atoms with Gasteiger partial charge in [0.1, 0.15) is 5.82 Å². The van der Waals surface area contributed by atoms with Gasteiger partial charge in [0.2, 0.25) is 0 Å². The Labute approximate surface area is 155 Å². The first-order valence-electron chi connectivity index (χ1n) is 8.51. The van der Waals surface area contributed by atoms with Gasteiger partial charge in [-0.1, -0.05) is 17.7 Å². The molecule has 1 heterocycles. The third kappa shape index (κ3) is 6.02. The molecule has 1 aliphatic heterocycles. The summed E-state index contributed by atoms with van der Waals surface area (Å²) < 4.78 is 51.2. The van der Waals surface area contributed by atoms with Crippen molar-refractivity contribution in [2.24, 2.45) is 4.99 Å². The van der Waals surface area contributed by atoms with Gasteiger partial charge in [-0.15, -0.1) is 0 Å². The number of likely N-dealkylation sites (tertiary alicyclic amines) is 1. The number of hydrogen-bond donors (Lipinski definition) is 2. The quantitative estimate of drug-likeness (QED) is 0.439. The topological polar surface area (TPSA) is 39.7 Å². The number of aliphatic imine (C=N–C) groups is 1. The molecule has 2 rings (SSSR count). The average Bonchev–Trinajstić information content (AvgIpc) is 3.08. The van der Waals surface area contributed by atoms with E-state index in [0.717, 1.165) is 25.9 Å². The molecule has 0 amide bonds. The van der Waals surface area contributed by atoms with E-state index in [2.05, 4.69) is 20.5 Å². The predicted octanol–water partition coefficient (Wildman–Crippen LogP) is 3.73. The van der Waals surface area contributed by atoms with Crippen LogP contribution in [-0.4, -0.2) is 50.3 Å². The SMILES string of the molecule is CN=C(NCCC(F)(F)F)NCC(c1c(F)cccc1Cl)N1CCCC1. The average molecular weight is 395 g/mol. The second-order valence-electron chi connectivity index (χ2n) is 6.14. The number of hydrogen-bond acceptors (Lipinski definition) is 2. The Morgan fingerprint density at radius 2 is 1.96 bits per heavy atom. The van der Waals surface area contributed by atoms with Gasteiger partial charge in [0.05, 0.1) is 12.5 Å². The van der Waals surface area contributed by atoms with E-state index >= 15 is 0 Å². The van der Waals surface area contributed by atoms with Crippen molar-refractivity contribution in [3.8, 4) is 0 Å². The fourth-order valence-corrected chi connectivity index (χ4v) is 3.32. The van der Waals surface area contributed by atoms with E-state index in [9.17, 15) is 17.6 Å². The van der Waals surface area contributed by atoms with E-state index in [4.69, 9.17) is 11.6 Å². The largest absolute Gasteiger partial charge is 0.390 e. The molecule has 0 bridgehead atoms. The molecule has 0 aromatic heterocycles. The minimum atomic E-state index is -4.23. The van der Waals surface area contributed by atoms with Gasteiger partial charge in [0.15, 0.2) is 5.96 Å². The zero-order chi connectivity index (χ0) is 19.2. The van der Waals surface area contributed by atoms with Crippen LogP contribution >= 0.6 is 11.6 Å². The van der Waals surface area contributed by atoms with E-state index < -0.39 is 18.4 Å². The van der Waals surface area contributed by atoms with Crippen molar-refractivity contribution >= 4 is 17.6 Å². The smallest absolute Gasteiger partial charge is 0.356 e. The van der Waals surface area contributed by atoms with Crippen LogP contribution in [0.4, 0.5) is 17.6 Å². The van der Waals surface area contributed by atoms with Gasteiger partial charge in [-0.3, -0.25) is 9.89 Å². The van der Waals surface area contributed by atoms with Gasteiger partial charge in [0, 0.05) is 30.7 Å². The Kier molecular flexibility index (Phi) is 7.52. The number of guanidine groups is 1. The predicted molar refractivity (Wildman–Crippen MR) is 95.0 cm³/mol. The number of nitrogens with zero attached hydrogens (tertiary/aromatic N) is 2. The lowest BCUT2D eigenvalue weighted by molar-refractivity contribution is -0.132. The fraction of sp³-hybridized carbons (Fsp3) is 0.588. The van der Waals surface area contributed by atoms with Crippen molar-refractivity contribution in [3.63, 3.8) is 0 Å². The third-order valence-corrected chi connectivity index (χ3v) is 4.63. The molecule has 0 radical (unpaired) electrons. The maximum Gasteiger partial charge on any atom is 0.390 e. The Balaban J connectivity index is 2.05. The molecule has 1 aliphatic rings. The number of alkyl halides is 3. The monoisotopic (exact) mass is 394 g/mol. The number of benzene rings is 1. The molecule has 0 aliphatic carbocycles. The normalized spacial score (nSPS) is 17.4. The molecule has 26 heavy (non-hydrogen) atoms. The van der Waals surface area contributed by atoms with E-state index in [1.807, 2.05) is 0 Å². The van der Waals surface area contributed by atoms with Crippen molar-refractivity contribution in [3.05, 3.63) is 34.6 Å². The minimum Gasteiger partial charge on any atom is -0.356 e. The van der Waals surface area contributed by atoms with Crippen LogP contribution in [0.3, 0.4) is 0 Å². The summed E-state index contributed by atoms with van der Waals surface area (Å²) in [5.74, 6) is -0.151. The van der Waals surface area contributed by atoms with Crippen molar-refractivity contribution in [1.82, 2.24) is 15.5 Å². The highest BCUT2D eigenvalue weighted by atomic mass is 35.5. The van der Waals surface area contributed by atoms with Crippen LogP contribution in [0, 0.1) is 5.82 Å². The van der Waals surface area contributed by atoms with Crippen molar-refractivity contribution < 1.29 is 17.6 Å². The number of rotatable bonds is 6. The standard InChI is InChI=1S/C17H23ClF4N4/c1-23-16(24-8-7-17(20,21)22)25-11-14(26-9-2-3-10-26)15-12(18)5-4-6-13(15)19/h4-6,14H,2-3,7-11H2,1H3,(H2,23,24,25). The van der Waals surface area contributed by atoms with Crippen LogP contribution in [0.1, 0.15) is 30.9 Å². The highest BCUT2D eigenvalue weighted by molar-refractivity contribution is 6.31. The second-order valence-corrected chi connectivity index (χ2v) is 6.55. The Morgan fingerprint density at radius 3 is 2.54 bits per heavy atom. The first-order valence-corrected chi connectivity index (χ1v) is 8.89. The highest BCUT2D eigenvalue weighted by Crippen LogP contribution is 2.31. The van der Waals surface area contributed by atoms with Gasteiger partial charge in [-0.25, -0.2) is 4.39 Å². The zero-order valence-corrected chi connectivity index (χ0v) is 15.3. The summed E-state index contributed by atoms with van der Waals surface area (Å²) in [4.78, 5) is 6.05. The molecule has 1 atom stereocenters. The summed E-state index contributed by atoms with van der Waals surface area (Å²) in [5, 5.41) is 5.95. The maximum atomic E-state index is 14.4. The molecule has 4 nitrogen and oxygen atoms in total. The Bertz CT molecular complexity index is 595. The molecule has 146 valence electrons. The minimum absolute atomic E-state index is 0.242. The maximum absolute atomic E-state index is 14.4. The molecule has 1 saturated heterocycles. The molecule has 9 heteroatoms. The summed E-state index contributed by atoms with van der Waals surface area (Å²) in [6.07, 6.45) is -3.16. The number of halogens is 5. The summed E-state index contributed by atoms with van der Waals surface area (Å²) in [7, 11) is 1.48. The van der Waals surface area contributed by atoms with Crippen LogP contribution < -0.4 is 10.6 Å². The van der Waals surface area contributed by atoms with Gasteiger partial charge in [0.25, 0.3) is 0 Å². The molecule has 1 unspecified atom stereocenters. The van der Waals surface area contributed by atoms with Crippen LogP contribution in [0.5, 0.6) is 0 Å². The lowest BCUT2D eigenvalue weighted by atomic mass is 10.0. The van der Waals surface area contributed by atoms with Gasteiger partial charge in [-0.05, 0) is 38.1 Å². The molecular formula is C17H23ClF4N4. The third-order valence-electron chi connectivity index (χ3n) is 4.30. The fourth-order valence-electron chi connectivity index (χ4n) is 3.03. The van der Waals surface area contributed by atoms with E-state index in [-0.39, 0.29) is 25.1 Å². The highest BCUT2D eigenvalue weighted by Gasteiger charge is 2.28. The Hall–Kier alpha value is -1.54. The van der Waals surface area contributed by atoms with Gasteiger partial charge in [-0.2, -0.15) is 13.2 Å². The van der Waals surface area contributed by atoms with E-state index in [0.29, 0.717) is 10.6 Å². The van der Waals surface area contributed by atoms with Crippen LogP contribution in [-0.2, 0) is 0 Å². The molecule has 1 aromatic rings. The summed E-state index contributed by atoms with van der Waals surface area (Å²) >= 11 is 6.22. The summed E-state index contributed by atoms with van der Waals surface area (Å²) in [5.41, 5.74) is 0.398. The van der Waals surface area contributed by atoms with Crippen LogP contribution in [0.2, 0.25) is 5.02 Å². The first kappa shape index (κ1) is 20.8. The lowest BCUT2D eigenvalue weighted by Crippen LogP contribution is -2.43. The Morgan fingerprint density at radius 1 is 1.27 bits per heavy atom. The van der Waals surface area contributed by atoms with Crippen molar-refractivity contribution in [2.45, 2.75) is 31.5 Å². The molecule has 0 saturated carbocycles. The second kappa shape index (κ2) is 9.41. The first-order chi connectivity index (χ1) is 12.3. The lowest BCUT2D eigenvalue weighted by Gasteiger charge is -2.29. The summed E-state index contributed by atoms with van der Waals surface area (Å²) in [6.45, 7) is 1.64. The van der Waals surface area contributed by atoms with Gasteiger partial charge >= 0.3 is 6.18 Å². The molecule has 1 fully saturated rings. The van der Waals surface area contributed by atoms with E-state index in [1.165, 1.54) is 13.1 Å². The van der Waals surface area contributed by atoms with Crippen molar-refractivity contribution in [2.75, 3.05) is 33.2 Å². The van der Waals surface area contributed by atoms with E-state index in [1.54, 1.807) is 12.1 Å². The molecule has 0 spiro atoms. The zero-order valence-electron chi connectivity index (χ0n) is 14.5. The van der Waals surface area contributed by atoms with Crippen LogP contribution in [0.25, 0.3) is 0 Å². The molecule has 2 N–H and O–H groups in total. The van der Waals surface area contributed by atoms with Gasteiger partial charge < -0.3 is 10.6 Å². The van der Waals surface area contributed by atoms with Crippen LogP contribution in [0.15, 0.2) is 23.2 Å². The molecular weight excluding hydrogens is 372 g/mol. The molecule has 1 aromatic carbocycles. The summed E-state index contributed by atoms with van der Waals surface area (Å²) in [6, 6.07) is 4.22. The number of nitrogens with one attached hydrogen (secondary N) is 2. The van der Waals surface area contributed by atoms with Crippen molar-refractivity contribution in [1.29, 1.82) is 0 Å².